The molecule has 14 heavy (non-hydrogen) atoms. The molecular formula is C5H10O7S2. The molecule has 0 bridgehead atoms. The van der Waals surface area contributed by atoms with E-state index >= 15 is 0 Å². The molecule has 0 aliphatic heterocycles. The highest BCUT2D eigenvalue weighted by Crippen LogP contribution is 1.96. The number of hydrogen-bond donors (Lipinski definition) is 2. The first-order valence-corrected chi connectivity index (χ1v) is 6.74. The summed E-state index contributed by atoms with van der Waals surface area (Å²) in [6, 6.07) is 0. The van der Waals surface area contributed by atoms with Gasteiger partial charge in [0, 0.05) is 12.8 Å². The number of carbonyl (C=O) groups excluding carboxylic acids is 1. The van der Waals surface area contributed by atoms with Crippen LogP contribution in [-0.4, -0.2) is 43.2 Å². The van der Waals surface area contributed by atoms with Crippen molar-refractivity contribution in [2.75, 3.05) is 11.5 Å². The van der Waals surface area contributed by atoms with E-state index in [1.54, 1.807) is 0 Å². The van der Waals surface area contributed by atoms with Crippen LogP contribution in [0.4, 0.5) is 0 Å². The molecule has 0 aliphatic rings. The Labute approximate surface area is 81.6 Å². The van der Waals surface area contributed by atoms with E-state index in [2.05, 4.69) is 0 Å². The molecule has 0 spiro atoms. The van der Waals surface area contributed by atoms with Gasteiger partial charge in [-0.15, -0.1) is 0 Å². The number of rotatable bonds is 6. The Kier molecular flexibility index (Phi) is 4.65. The highest BCUT2D eigenvalue weighted by molar-refractivity contribution is 7.86. The lowest BCUT2D eigenvalue weighted by Gasteiger charge is -1.97. The van der Waals surface area contributed by atoms with Crippen LogP contribution in [-0.2, 0) is 25.0 Å². The molecule has 0 radical (unpaired) electrons. The van der Waals surface area contributed by atoms with Gasteiger partial charge in [0.25, 0.3) is 20.2 Å². The second-order valence-electron chi connectivity index (χ2n) is 2.61. The summed E-state index contributed by atoms with van der Waals surface area (Å²) in [5.41, 5.74) is 0. The molecule has 0 saturated heterocycles. The maximum atomic E-state index is 10.8. The molecule has 0 aliphatic carbocycles. The van der Waals surface area contributed by atoms with Crippen molar-refractivity contribution in [2.24, 2.45) is 0 Å². The molecule has 0 rings (SSSR count). The number of hydrogen-bond acceptors (Lipinski definition) is 5. The van der Waals surface area contributed by atoms with E-state index in [-0.39, 0.29) is 0 Å². The van der Waals surface area contributed by atoms with Crippen LogP contribution in [0.25, 0.3) is 0 Å². The summed E-state index contributed by atoms with van der Waals surface area (Å²) in [5, 5.41) is 0. The monoisotopic (exact) mass is 246 g/mol. The molecule has 7 nitrogen and oxygen atoms in total. The van der Waals surface area contributed by atoms with Gasteiger partial charge in [0.2, 0.25) is 0 Å². The molecule has 0 aromatic rings. The van der Waals surface area contributed by atoms with Crippen molar-refractivity contribution in [1.82, 2.24) is 0 Å². The first-order chi connectivity index (χ1) is 6.10. The lowest BCUT2D eigenvalue weighted by Crippen LogP contribution is -2.13. The molecule has 0 amide bonds. The van der Waals surface area contributed by atoms with Crippen molar-refractivity contribution in [2.45, 2.75) is 12.8 Å². The van der Waals surface area contributed by atoms with Crippen LogP contribution >= 0.6 is 0 Å². The van der Waals surface area contributed by atoms with Crippen molar-refractivity contribution in [3.8, 4) is 0 Å². The van der Waals surface area contributed by atoms with Crippen LogP contribution in [0, 0.1) is 0 Å². The van der Waals surface area contributed by atoms with Crippen molar-refractivity contribution in [1.29, 1.82) is 0 Å². The first kappa shape index (κ1) is 13.5. The second kappa shape index (κ2) is 4.82. The van der Waals surface area contributed by atoms with Crippen LogP contribution in [0.3, 0.4) is 0 Å². The van der Waals surface area contributed by atoms with Crippen LogP contribution in [0.5, 0.6) is 0 Å². The van der Waals surface area contributed by atoms with Gasteiger partial charge in [-0.25, -0.2) is 0 Å². The van der Waals surface area contributed by atoms with Crippen molar-refractivity contribution >= 4 is 26.0 Å². The Bertz CT molecular complexity index is 352. The fourth-order valence-corrected chi connectivity index (χ4v) is 1.58. The summed E-state index contributed by atoms with van der Waals surface area (Å²) in [6.07, 6.45) is -0.928. The standard InChI is InChI=1S/C5H10O7S2/c6-5(1-3-13(7,8)9)2-4-14(10,11)12/h1-4H2,(H,7,8,9)(H,10,11,12). The van der Waals surface area contributed by atoms with Gasteiger partial charge in [-0.2, -0.15) is 16.8 Å². The number of Topliss-reactive ketones (excluding diaryl/α,β-unsaturated/α-hetero) is 1. The minimum absolute atomic E-state index is 0.464. The van der Waals surface area contributed by atoms with Gasteiger partial charge in [0.05, 0.1) is 11.5 Å². The highest BCUT2D eigenvalue weighted by Gasteiger charge is 2.12. The predicted octanol–water partition coefficient (Wildman–Crippen LogP) is -0.889. The molecule has 9 heteroatoms. The molecule has 2 N–H and O–H groups in total. The van der Waals surface area contributed by atoms with Gasteiger partial charge in [-0.05, 0) is 0 Å². The molecule has 0 heterocycles. The Morgan fingerprint density at radius 1 is 0.857 bits per heavy atom. The SMILES string of the molecule is O=C(CCS(=O)(=O)O)CCS(=O)(=O)O. The average Bonchev–Trinajstić information content (AvgIpc) is 1.94. The van der Waals surface area contributed by atoms with E-state index in [0.717, 1.165) is 0 Å². The lowest BCUT2D eigenvalue weighted by atomic mass is 10.2. The van der Waals surface area contributed by atoms with E-state index in [9.17, 15) is 21.6 Å². The van der Waals surface area contributed by atoms with Gasteiger partial charge >= 0.3 is 0 Å². The third kappa shape index (κ3) is 9.58. The van der Waals surface area contributed by atoms with Gasteiger partial charge in [-0.3, -0.25) is 13.9 Å². The fraction of sp³-hybridized carbons (Fsp3) is 0.800. The van der Waals surface area contributed by atoms with Crippen LogP contribution in [0.1, 0.15) is 12.8 Å². The van der Waals surface area contributed by atoms with E-state index in [4.69, 9.17) is 9.11 Å². The predicted molar refractivity (Wildman–Crippen MR) is 47.1 cm³/mol. The number of carbonyl (C=O) groups is 1. The van der Waals surface area contributed by atoms with E-state index in [0.29, 0.717) is 0 Å². The molecule has 0 saturated carbocycles. The normalized spacial score (nSPS) is 12.7. The second-order valence-corrected chi connectivity index (χ2v) is 5.75. The molecule has 0 aromatic carbocycles. The zero-order chi connectivity index (χ0) is 11.4. The number of ketones is 1. The largest absolute Gasteiger partial charge is 0.300 e. The molecule has 0 unspecified atom stereocenters. The third-order valence-electron chi connectivity index (χ3n) is 1.28. The van der Waals surface area contributed by atoms with Crippen molar-refractivity contribution in [3.63, 3.8) is 0 Å². The van der Waals surface area contributed by atoms with Gasteiger partial charge in [0.1, 0.15) is 5.78 Å². The maximum absolute atomic E-state index is 10.8. The Balaban J connectivity index is 3.91. The van der Waals surface area contributed by atoms with Gasteiger partial charge in [-0.1, -0.05) is 0 Å². The minimum Gasteiger partial charge on any atom is -0.300 e. The van der Waals surface area contributed by atoms with E-state index in [1.807, 2.05) is 0 Å². The molecule has 0 fully saturated rings. The molecular weight excluding hydrogens is 236 g/mol. The van der Waals surface area contributed by atoms with Crippen molar-refractivity contribution < 1.29 is 30.7 Å². The minimum atomic E-state index is -4.21. The van der Waals surface area contributed by atoms with Crippen LogP contribution in [0.15, 0.2) is 0 Å². The third-order valence-corrected chi connectivity index (χ3v) is 2.72. The topological polar surface area (TPSA) is 126 Å². The van der Waals surface area contributed by atoms with Gasteiger partial charge < -0.3 is 0 Å². The fourth-order valence-electron chi connectivity index (χ4n) is 0.611. The maximum Gasteiger partial charge on any atom is 0.265 e. The van der Waals surface area contributed by atoms with Crippen LogP contribution < -0.4 is 0 Å². The van der Waals surface area contributed by atoms with E-state index in [1.165, 1.54) is 0 Å². The summed E-state index contributed by atoms with van der Waals surface area (Å²) in [5.74, 6) is -2.13. The average molecular weight is 246 g/mol. The summed E-state index contributed by atoms with van der Waals surface area (Å²) < 4.78 is 57.2. The smallest absolute Gasteiger partial charge is 0.265 e. The van der Waals surface area contributed by atoms with E-state index < -0.39 is 50.4 Å². The zero-order valence-corrected chi connectivity index (χ0v) is 8.71. The molecule has 0 atom stereocenters. The Morgan fingerprint density at radius 2 is 1.14 bits per heavy atom. The molecule has 0 aromatic heterocycles. The quantitative estimate of drug-likeness (QED) is 0.582. The summed E-state index contributed by atoms with van der Waals surface area (Å²) in [6.45, 7) is 0. The summed E-state index contributed by atoms with van der Waals surface area (Å²) >= 11 is 0. The zero-order valence-electron chi connectivity index (χ0n) is 7.08. The van der Waals surface area contributed by atoms with Crippen molar-refractivity contribution in [3.05, 3.63) is 0 Å². The Hall–Kier alpha value is -0.510. The highest BCUT2D eigenvalue weighted by atomic mass is 32.2. The Morgan fingerprint density at radius 3 is 1.36 bits per heavy atom. The molecule has 84 valence electrons. The van der Waals surface area contributed by atoms with Crippen LogP contribution in [0.2, 0.25) is 0 Å². The first-order valence-electron chi connectivity index (χ1n) is 3.52. The lowest BCUT2D eigenvalue weighted by molar-refractivity contribution is -0.118. The summed E-state index contributed by atoms with van der Waals surface area (Å²) in [4.78, 5) is 10.8. The summed E-state index contributed by atoms with van der Waals surface area (Å²) in [7, 11) is -8.41. The van der Waals surface area contributed by atoms with Gasteiger partial charge in [0.15, 0.2) is 0 Å².